The predicted octanol–water partition coefficient (Wildman–Crippen LogP) is 2.76. The first-order chi connectivity index (χ1) is 11.1. The number of aromatic nitrogens is 2. The zero-order valence-corrected chi connectivity index (χ0v) is 14.3. The molecule has 1 aliphatic rings. The van der Waals surface area contributed by atoms with E-state index < -0.39 is 0 Å². The Labute approximate surface area is 140 Å². The Balaban J connectivity index is 1.58. The molecule has 5 nitrogen and oxygen atoms in total. The number of anilines is 1. The first kappa shape index (κ1) is 16.1. The molecule has 23 heavy (non-hydrogen) atoms. The van der Waals surface area contributed by atoms with E-state index >= 15 is 0 Å². The number of amides is 1. The van der Waals surface area contributed by atoms with Crippen LogP contribution in [0, 0.1) is 12.8 Å². The monoisotopic (exact) mass is 330 g/mol. The van der Waals surface area contributed by atoms with Gasteiger partial charge in [0, 0.05) is 18.4 Å². The fourth-order valence-corrected chi connectivity index (χ4v) is 3.61. The number of rotatable bonds is 4. The number of benzene rings is 1. The molecule has 2 N–H and O–H groups in total. The molecule has 122 valence electrons. The standard InChI is InChI=1S/C17H22N4OS/c1-11-3-5-13(6-4-11)10-15-20-21-17(23-15)19-16(22)14-7-8-18-12(2)9-14/h3-6,12,14,18H,7-10H2,1-2H3,(H,19,21,22)/t12-,14-/m0/s1. The van der Waals surface area contributed by atoms with Crippen molar-refractivity contribution in [1.29, 1.82) is 0 Å². The van der Waals surface area contributed by atoms with Crippen LogP contribution in [0.25, 0.3) is 0 Å². The molecule has 1 aromatic carbocycles. The number of aryl methyl sites for hydroxylation is 1. The van der Waals surface area contributed by atoms with Crippen LogP contribution in [0.4, 0.5) is 5.13 Å². The van der Waals surface area contributed by atoms with Crippen molar-refractivity contribution in [3.8, 4) is 0 Å². The molecular formula is C17H22N4OS. The molecule has 2 atom stereocenters. The summed E-state index contributed by atoms with van der Waals surface area (Å²) in [6.45, 7) is 5.09. The van der Waals surface area contributed by atoms with E-state index in [0.717, 1.165) is 30.8 Å². The average molecular weight is 330 g/mol. The fourth-order valence-electron chi connectivity index (χ4n) is 2.83. The highest BCUT2D eigenvalue weighted by molar-refractivity contribution is 7.15. The summed E-state index contributed by atoms with van der Waals surface area (Å²) >= 11 is 1.46. The molecule has 1 aromatic heterocycles. The highest BCUT2D eigenvalue weighted by atomic mass is 32.1. The Morgan fingerprint density at radius 1 is 1.35 bits per heavy atom. The molecular weight excluding hydrogens is 308 g/mol. The van der Waals surface area contributed by atoms with Gasteiger partial charge in [-0.05, 0) is 38.8 Å². The lowest BCUT2D eigenvalue weighted by Crippen LogP contribution is -2.40. The quantitative estimate of drug-likeness (QED) is 0.904. The summed E-state index contributed by atoms with van der Waals surface area (Å²) in [5, 5.41) is 16.1. The Bertz CT molecular complexity index is 667. The third-order valence-corrected chi connectivity index (χ3v) is 5.01. The molecule has 0 bridgehead atoms. The first-order valence-electron chi connectivity index (χ1n) is 8.02. The molecule has 0 aliphatic carbocycles. The van der Waals surface area contributed by atoms with E-state index in [0.29, 0.717) is 11.2 Å². The van der Waals surface area contributed by atoms with Crippen molar-refractivity contribution in [3.63, 3.8) is 0 Å². The maximum absolute atomic E-state index is 12.3. The minimum absolute atomic E-state index is 0.0655. The normalized spacial score (nSPS) is 21.1. The van der Waals surface area contributed by atoms with Gasteiger partial charge in [0.25, 0.3) is 0 Å². The van der Waals surface area contributed by atoms with Gasteiger partial charge in [0.2, 0.25) is 11.0 Å². The second-order valence-corrected chi connectivity index (χ2v) is 7.29. The molecule has 1 fully saturated rings. The molecule has 1 saturated heterocycles. The van der Waals surface area contributed by atoms with Gasteiger partial charge in [-0.1, -0.05) is 41.2 Å². The zero-order valence-electron chi connectivity index (χ0n) is 13.5. The number of nitrogens with one attached hydrogen (secondary N) is 2. The molecule has 0 unspecified atom stereocenters. The Morgan fingerprint density at radius 3 is 2.87 bits per heavy atom. The number of carbonyl (C=O) groups excluding carboxylic acids is 1. The van der Waals surface area contributed by atoms with Crippen LogP contribution >= 0.6 is 11.3 Å². The van der Waals surface area contributed by atoms with Crippen molar-refractivity contribution in [1.82, 2.24) is 15.5 Å². The smallest absolute Gasteiger partial charge is 0.229 e. The van der Waals surface area contributed by atoms with Gasteiger partial charge in [0.15, 0.2) is 0 Å². The molecule has 2 aromatic rings. The molecule has 1 amide bonds. The van der Waals surface area contributed by atoms with Gasteiger partial charge in [0.1, 0.15) is 5.01 Å². The van der Waals surface area contributed by atoms with E-state index in [4.69, 9.17) is 0 Å². The summed E-state index contributed by atoms with van der Waals surface area (Å²) in [6.07, 6.45) is 2.50. The largest absolute Gasteiger partial charge is 0.314 e. The van der Waals surface area contributed by atoms with E-state index in [1.807, 2.05) is 0 Å². The van der Waals surface area contributed by atoms with E-state index in [1.165, 1.54) is 22.5 Å². The van der Waals surface area contributed by atoms with Crippen LogP contribution in [0.5, 0.6) is 0 Å². The number of piperidine rings is 1. The van der Waals surface area contributed by atoms with Crippen molar-refractivity contribution in [2.75, 3.05) is 11.9 Å². The number of carbonyl (C=O) groups is 1. The second-order valence-electron chi connectivity index (χ2n) is 6.23. The van der Waals surface area contributed by atoms with Crippen LogP contribution in [-0.4, -0.2) is 28.7 Å². The minimum atomic E-state index is 0.0655. The van der Waals surface area contributed by atoms with Crippen LogP contribution in [0.3, 0.4) is 0 Å². The molecule has 6 heteroatoms. The van der Waals surface area contributed by atoms with Gasteiger partial charge in [0.05, 0.1) is 0 Å². The molecule has 1 aliphatic heterocycles. The summed E-state index contributed by atoms with van der Waals surface area (Å²) in [4.78, 5) is 12.3. The lowest BCUT2D eigenvalue weighted by atomic mass is 9.93. The van der Waals surface area contributed by atoms with Crippen LogP contribution < -0.4 is 10.6 Å². The SMILES string of the molecule is Cc1ccc(Cc2nnc(NC(=O)[C@H]3CCN[C@@H](C)C3)s2)cc1. The Hall–Kier alpha value is -1.79. The van der Waals surface area contributed by atoms with Gasteiger partial charge in [-0.15, -0.1) is 10.2 Å². The van der Waals surface area contributed by atoms with Crippen molar-refractivity contribution in [3.05, 3.63) is 40.4 Å². The van der Waals surface area contributed by atoms with Crippen LogP contribution in [0.1, 0.15) is 35.9 Å². The van der Waals surface area contributed by atoms with Gasteiger partial charge >= 0.3 is 0 Å². The van der Waals surface area contributed by atoms with Crippen LogP contribution in [0.2, 0.25) is 0 Å². The maximum Gasteiger partial charge on any atom is 0.229 e. The molecule has 0 saturated carbocycles. The number of hydrogen-bond acceptors (Lipinski definition) is 5. The van der Waals surface area contributed by atoms with E-state index in [9.17, 15) is 4.79 Å². The van der Waals surface area contributed by atoms with Crippen molar-refractivity contribution < 1.29 is 4.79 Å². The average Bonchev–Trinajstić information content (AvgIpc) is 2.96. The van der Waals surface area contributed by atoms with Gasteiger partial charge in [-0.3, -0.25) is 4.79 Å². The first-order valence-corrected chi connectivity index (χ1v) is 8.84. The van der Waals surface area contributed by atoms with E-state index in [-0.39, 0.29) is 11.8 Å². The summed E-state index contributed by atoms with van der Waals surface area (Å²) < 4.78 is 0. The maximum atomic E-state index is 12.3. The van der Waals surface area contributed by atoms with E-state index in [2.05, 4.69) is 58.9 Å². The van der Waals surface area contributed by atoms with Crippen molar-refractivity contribution in [2.24, 2.45) is 5.92 Å². The molecule has 0 radical (unpaired) electrons. The zero-order chi connectivity index (χ0) is 16.2. The third kappa shape index (κ3) is 4.36. The number of hydrogen-bond donors (Lipinski definition) is 2. The van der Waals surface area contributed by atoms with Crippen LogP contribution in [0.15, 0.2) is 24.3 Å². The lowest BCUT2D eigenvalue weighted by molar-refractivity contribution is -0.120. The molecule has 3 rings (SSSR count). The third-order valence-electron chi connectivity index (χ3n) is 4.17. The highest BCUT2D eigenvalue weighted by Crippen LogP contribution is 2.22. The predicted molar refractivity (Wildman–Crippen MR) is 92.7 cm³/mol. The number of nitrogens with zero attached hydrogens (tertiary/aromatic N) is 2. The minimum Gasteiger partial charge on any atom is -0.314 e. The Morgan fingerprint density at radius 2 is 2.13 bits per heavy atom. The van der Waals surface area contributed by atoms with Crippen molar-refractivity contribution in [2.45, 2.75) is 39.2 Å². The van der Waals surface area contributed by atoms with Gasteiger partial charge in [-0.2, -0.15) is 0 Å². The Kier molecular flexibility index (Phi) is 5.03. The highest BCUT2D eigenvalue weighted by Gasteiger charge is 2.25. The summed E-state index contributed by atoms with van der Waals surface area (Å²) in [6, 6.07) is 8.79. The summed E-state index contributed by atoms with van der Waals surface area (Å²) in [5.41, 5.74) is 2.45. The van der Waals surface area contributed by atoms with Gasteiger partial charge < -0.3 is 10.6 Å². The van der Waals surface area contributed by atoms with E-state index in [1.54, 1.807) is 0 Å². The molecule has 2 heterocycles. The lowest BCUT2D eigenvalue weighted by Gasteiger charge is -2.26. The topological polar surface area (TPSA) is 66.9 Å². The fraction of sp³-hybridized carbons (Fsp3) is 0.471. The van der Waals surface area contributed by atoms with Gasteiger partial charge in [-0.25, -0.2) is 0 Å². The molecule has 0 spiro atoms. The summed E-state index contributed by atoms with van der Waals surface area (Å²) in [5.74, 6) is 0.132. The van der Waals surface area contributed by atoms with Crippen LogP contribution in [-0.2, 0) is 11.2 Å². The summed E-state index contributed by atoms with van der Waals surface area (Å²) in [7, 11) is 0. The van der Waals surface area contributed by atoms with Crippen molar-refractivity contribution >= 4 is 22.4 Å². The second kappa shape index (κ2) is 7.19.